The minimum atomic E-state index is -1.04. The van der Waals surface area contributed by atoms with Gasteiger partial charge >= 0.3 is 5.97 Å². The maximum absolute atomic E-state index is 13.5. The zero-order valence-electron chi connectivity index (χ0n) is 11.1. The summed E-state index contributed by atoms with van der Waals surface area (Å²) in [7, 11) is 0. The third-order valence-electron chi connectivity index (χ3n) is 3.17. The van der Waals surface area contributed by atoms with Gasteiger partial charge < -0.3 is 10.4 Å². The van der Waals surface area contributed by atoms with Gasteiger partial charge in [0.25, 0.3) is 0 Å². The van der Waals surface area contributed by atoms with Crippen LogP contribution in [0.5, 0.6) is 0 Å². The monoisotopic (exact) mass is 253 g/mol. The number of carbonyl (C=O) groups is 1. The van der Waals surface area contributed by atoms with E-state index in [-0.39, 0.29) is 16.8 Å². The van der Waals surface area contributed by atoms with Gasteiger partial charge in [-0.3, -0.25) is 0 Å². The topological polar surface area (TPSA) is 49.3 Å². The van der Waals surface area contributed by atoms with Gasteiger partial charge in [-0.25, -0.2) is 9.18 Å². The van der Waals surface area contributed by atoms with Crippen LogP contribution in [0.25, 0.3) is 0 Å². The highest BCUT2D eigenvalue weighted by Crippen LogP contribution is 2.18. The number of benzene rings is 1. The van der Waals surface area contributed by atoms with Crippen molar-refractivity contribution < 1.29 is 14.3 Å². The van der Waals surface area contributed by atoms with Crippen LogP contribution in [0.1, 0.15) is 43.1 Å². The Bertz CT molecular complexity index is 430. The van der Waals surface area contributed by atoms with Crippen molar-refractivity contribution in [1.29, 1.82) is 0 Å². The third kappa shape index (κ3) is 4.11. The highest BCUT2D eigenvalue weighted by Gasteiger charge is 2.15. The second kappa shape index (κ2) is 5.96. The van der Waals surface area contributed by atoms with Gasteiger partial charge in [0.05, 0.1) is 5.56 Å². The summed E-state index contributed by atoms with van der Waals surface area (Å²) in [6, 6.07) is 3.85. The van der Waals surface area contributed by atoms with Gasteiger partial charge in [0.1, 0.15) is 5.82 Å². The number of hydrogen-bond donors (Lipinski definition) is 2. The third-order valence-corrected chi connectivity index (χ3v) is 3.17. The van der Waals surface area contributed by atoms with Crippen molar-refractivity contribution in [3.05, 3.63) is 35.1 Å². The molecule has 0 amide bonds. The molecule has 1 aromatic rings. The first-order chi connectivity index (χ1) is 8.35. The van der Waals surface area contributed by atoms with Gasteiger partial charge in [-0.1, -0.05) is 20.8 Å². The summed E-state index contributed by atoms with van der Waals surface area (Å²) in [5.41, 5.74) is 0.658. The summed E-state index contributed by atoms with van der Waals surface area (Å²) >= 11 is 0. The van der Waals surface area contributed by atoms with Crippen molar-refractivity contribution in [2.45, 2.75) is 33.7 Å². The lowest BCUT2D eigenvalue weighted by atomic mass is 9.90. The van der Waals surface area contributed by atoms with E-state index in [4.69, 9.17) is 5.11 Å². The van der Waals surface area contributed by atoms with E-state index in [9.17, 15) is 9.18 Å². The molecule has 0 spiro atoms. The van der Waals surface area contributed by atoms with E-state index in [0.29, 0.717) is 12.1 Å². The van der Waals surface area contributed by atoms with Crippen LogP contribution in [-0.4, -0.2) is 17.6 Å². The van der Waals surface area contributed by atoms with Crippen molar-refractivity contribution in [3.8, 4) is 0 Å². The van der Waals surface area contributed by atoms with Gasteiger partial charge in [-0.2, -0.15) is 0 Å². The van der Waals surface area contributed by atoms with Gasteiger partial charge in [-0.15, -0.1) is 0 Å². The molecule has 1 rings (SSSR count). The average molecular weight is 253 g/mol. The number of carboxylic acids is 1. The number of hydrogen-bond acceptors (Lipinski definition) is 2. The summed E-state index contributed by atoms with van der Waals surface area (Å²) in [6.07, 6.45) is 1.03. The lowest BCUT2D eigenvalue weighted by Crippen LogP contribution is -2.28. The van der Waals surface area contributed by atoms with E-state index in [1.807, 2.05) is 0 Å². The average Bonchev–Trinajstić information content (AvgIpc) is 2.31. The van der Waals surface area contributed by atoms with Crippen LogP contribution in [0, 0.1) is 11.2 Å². The Morgan fingerprint density at radius 2 is 2.11 bits per heavy atom. The molecular formula is C14H20FNO2. The van der Waals surface area contributed by atoms with Crippen LogP contribution >= 0.6 is 0 Å². The Balaban J connectivity index is 2.67. The highest BCUT2D eigenvalue weighted by atomic mass is 19.1. The van der Waals surface area contributed by atoms with Crippen molar-refractivity contribution >= 4 is 5.97 Å². The molecule has 18 heavy (non-hydrogen) atoms. The second-order valence-corrected chi connectivity index (χ2v) is 5.23. The normalized spacial score (nSPS) is 11.6. The van der Waals surface area contributed by atoms with Crippen molar-refractivity contribution in [2.75, 3.05) is 6.54 Å². The number of rotatable bonds is 6. The molecule has 100 valence electrons. The molecule has 1 aromatic carbocycles. The smallest absolute Gasteiger partial charge is 0.335 e. The fraction of sp³-hybridized carbons (Fsp3) is 0.500. The molecule has 0 saturated carbocycles. The van der Waals surface area contributed by atoms with E-state index in [2.05, 4.69) is 26.1 Å². The number of aromatic carboxylic acids is 1. The summed E-state index contributed by atoms with van der Waals surface area (Å²) in [6.45, 7) is 7.47. The molecular weight excluding hydrogens is 233 g/mol. The highest BCUT2D eigenvalue weighted by molar-refractivity contribution is 5.87. The first-order valence-electron chi connectivity index (χ1n) is 6.08. The molecule has 0 radical (unpaired) electrons. The van der Waals surface area contributed by atoms with E-state index in [1.165, 1.54) is 18.2 Å². The zero-order chi connectivity index (χ0) is 13.8. The minimum Gasteiger partial charge on any atom is -0.478 e. The molecule has 4 heteroatoms. The fourth-order valence-corrected chi connectivity index (χ4v) is 1.50. The lowest BCUT2D eigenvalue weighted by molar-refractivity contribution is 0.0696. The summed E-state index contributed by atoms with van der Waals surface area (Å²) in [4.78, 5) is 10.8. The largest absolute Gasteiger partial charge is 0.478 e. The van der Waals surface area contributed by atoms with Crippen molar-refractivity contribution in [3.63, 3.8) is 0 Å². The van der Waals surface area contributed by atoms with E-state index in [0.717, 1.165) is 13.0 Å². The number of carboxylic acid groups (broad SMARTS) is 1. The molecule has 0 aliphatic carbocycles. The van der Waals surface area contributed by atoms with Crippen LogP contribution in [-0.2, 0) is 6.54 Å². The molecule has 3 nitrogen and oxygen atoms in total. The Morgan fingerprint density at radius 1 is 1.44 bits per heavy atom. The molecule has 0 heterocycles. The zero-order valence-corrected chi connectivity index (χ0v) is 11.1. The van der Waals surface area contributed by atoms with Crippen LogP contribution in [0.2, 0.25) is 0 Å². The van der Waals surface area contributed by atoms with Gasteiger partial charge in [0, 0.05) is 18.7 Å². The Labute approximate surface area is 107 Å². The summed E-state index contributed by atoms with van der Waals surface area (Å²) < 4.78 is 13.5. The first kappa shape index (κ1) is 14.6. The van der Waals surface area contributed by atoms with Crippen LogP contribution in [0.3, 0.4) is 0 Å². The number of nitrogens with one attached hydrogen (secondary N) is 1. The Kier molecular flexibility index (Phi) is 4.84. The minimum absolute atomic E-state index is 0.114. The first-order valence-corrected chi connectivity index (χ1v) is 6.08. The predicted molar refractivity (Wildman–Crippen MR) is 69.1 cm³/mol. The lowest BCUT2D eigenvalue weighted by Gasteiger charge is -2.23. The molecule has 0 fully saturated rings. The second-order valence-electron chi connectivity index (χ2n) is 5.23. The van der Waals surface area contributed by atoms with Crippen LogP contribution in [0.4, 0.5) is 4.39 Å². The Morgan fingerprint density at radius 3 is 2.67 bits per heavy atom. The summed E-state index contributed by atoms with van der Waals surface area (Å²) in [5.74, 6) is -1.41. The van der Waals surface area contributed by atoms with Crippen molar-refractivity contribution in [2.24, 2.45) is 5.41 Å². The van der Waals surface area contributed by atoms with E-state index in [1.54, 1.807) is 0 Å². The predicted octanol–water partition coefficient (Wildman–Crippen LogP) is 3.05. The Hall–Kier alpha value is -1.42. The molecule has 2 N–H and O–H groups in total. The van der Waals surface area contributed by atoms with E-state index < -0.39 is 5.97 Å². The van der Waals surface area contributed by atoms with E-state index >= 15 is 0 Å². The van der Waals surface area contributed by atoms with Crippen molar-refractivity contribution in [1.82, 2.24) is 5.32 Å². The van der Waals surface area contributed by atoms with Gasteiger partial charge in [0.2, 0.25) is 0 Å². The molecule has 0 unspecified atom stereocenters. The SMILES string of the molecule is CCC(C)(C)CNCc1cc(C(=O)O)ccc1F. The standard InChI is InChI=1S/C14H20FNO2/c1-4-14(2,3)9-16-8-11-7-10(13(17)18)5-6-12(11)15/h5-7,16H,4,8-9H2,1-3H3,(H,17,18). The maximum atomic E-state index is 13.5. The molecule has 0 saturated heterocycles. The molecule has 0 aliphatic rings. The summed E-state index contributed by atoms with van der Waals surface area (Å²) in [5, 5.41) is 12.0. The number of halogens is 1. The molecule has 0 aromatic heterocycles. The van der Waals surface area contributed by atoms with Crippen LogP contribution in [0.15, 0.2) is 18.2 Å². The molecule has 0 bridgehead atoms. The molecule has 0 atom stereocenters. The maximum Gasteiger partial charge on any atom is 0.335 e. The van der Waals surface area contributed by atoms with Crippen LogP contribution < -0.4 is 5.32 Å². The van der Waals surface area contributed by atoms with Gasteiger partial charge in [0.15, 0.2) is 0 Å². The molecule has 0 aliphatic heterocycles. The van der Waals surface area contributed by atoms with Gasteiger partial charge in [-0.05, 0) is 30.0 Å². The fourth-order valence-electron chi connectivity index (χ4n) is 1.50. The quantitative estimate of drug-likeness (QED) is 0.819.